The molecule has 0 fully saturated rings. The van der Waals surface area contributed by atoms with Crippen LogP contribution in [0.1, 0.15) is 32.1 Å². The molecule has 6 nitrogen and oxygen atoms in total. The number of benzene rings is 1. The van der Waals surface area contributed by atoms with E-state index < -0.39 is 0 Å². The van der Waals surface area contributed by atoms with Gasteiger partial charge in [-0.25, -0.2) is 4.99 Å². The van der Waals surface area contributed by atoms with E-state index in [4.69, 9.17) is 13.9 Å². The van der Waals surface area contributed by atoms with Crippen LogP contribution in [0.15, 0.2) is 46.0 Å². The molecule has 0 aliphatic heterocycles. The maximum atomic E-state index is 5.42. The number of guanidine groups is 1. The van der Waals surface area contributed by atoms with Crippen molar-refractivity contribution in [3.63, 3.8) is 0 Å². The predicted octanol–water partition coefficient (Wildman–Crippen LogP) is 3.95. The molecular formula is C20H30IN3O3. The molecule has 0 aliphatic rings. The Bertz CT molecular complexity index is 715. The summed E-state index contributed by atoms with van der Waals surface area (Å²) in [7, 11) is 3.29. The van der Waals surface area contributed by atoms with Crippen molar-refractivity contribution in [2.24, 2.45) is 4.99 Å². The number of halogens is 1. The van der Waals surface area contributed by atoms with Crippen LogP contribution in [-0.4, -0.2) is 33.3 Å². The smallest absolute Gasteiger partial charge is 0.191 e. The zero-order chi connectivity index (χ0) is 19.0. The molecule has 1 aromatic heterocycles. The monoisotopic (exact) mass is 487 g/mol. The van der Waals surface area contributed by atoms with Crippen LogP contribution in [0.5, 0.6) is 11.5 Å². The Morgan fingerprint density at radius 3 is 2.44 bits per heavy atom. The van der Waals surface area contributed by atoms with Crippen LogP contribution in [0.4, 0.5) is 0 Å². The minimum atomic E-state index is -0.125. The predicted molar refractivity (Wildman–Crippen MR) is 120 cm³/mol. The van der Waals surface area contributed by atoms with Gasteiger partial charge in [-0.1, -0.05) is 19.9 Å². The first kappa shape index (κ1) is 23.1. The molecule has 0 atom stereocenters. The molecule has 27 heavy (non-hydrogen) atoms. The standard InChI is InChI=1S/C20H29N3O3.HI/c1-6-21-19(22-13-16-8-7-11-26-16)23-14-20(2,3)15-9-10-17(24-4)18(12-15)25-5;/h7-12H,6,13-14H2,1-5H3,(H2,21,22,23);1H. The Labute approximate surface area is 178 Å². The summed E-state index contributed by atoms with van der Waals surface area (Å²) in [5.74, 6) is 3.06. The highest BCUT2D eigenvalue weighted by molar-refractivity contribution is 14.0. The lowest BCUT2D eigenvalue weighted by atomic mass is 9.84. The van der Waals surface area contributed by atoms with Gasteiger partial charge >= 0.3 is 0 Å². The number of aliphatic imine (C=N–C) groups is 1. The summed E-state index contributed by atoms with van der Waals surface area (Å²) in [5, 5.41) is 6.68. The largest absolute Gasteiger partial charge is 0.493 e. The summed E-state index contributed by atoms with van der Waals surface area (Å²) in [5.41, 5.74) is 1.03. The van der Waals surface area contributed by atoms with Crippen LogP contribution >= 0.6 is 24.0 Å². The topological polar surface area (TPSA) is 68.0 Å². The van der Waals surface area contributed by atoms with E-state index in [2.05, 4.69) is 35.5 Å². The molecule has 0 aliphatic carbocycles. The molecule has 1 heterocycles. The quantitative estimate of drug-likeness (QED) is 0.336. The minimum absolute atomic E-state index is 0. The molecule has 0 spiro atoms. The molecule has 2 N–H and O–H groups in total. The second kappa shape index (κ2) is 11.1. The van der Waals surface area contributed by atoms with Crippen LogP contribution < -0.4 is 20.1 Å². The molecule has 0 saturated heterocycles. The van der Waals surface area contributed by atoms with Gasteiger partial charge in [-0.3, -0.25) is 0 Å². The van der Waals surface area contributed by atoms with E-state index in [1.165, 1.54) is 0 Å². The van der Waals surface area contributed by atoms with Crippen molar-refractivity contribution in [2.45, 2.75) is 32.7 Å². The van der Waals surface area contributed by atoms with E-state index in [1.807, 2.05) is 31.2 Å². The van der Waals surface area contributed by atoms with Crippen molar-refractivity contribution in [1.82, 2.24) is 10.6 Å². The van der Waals surface area contributed by atoms with E-state index in [9.17, 15) is 0 Å². The van der Waals surface area contributed by atoms with Crippen LogP contribution in [0.3, 0.4) is 0 Å². The van der Waals surface area contributed by atoms with Crippen LogP contribution in [0.2, 0.25) is 0 Å². The highest BCUT2D eigenvalue weighted by atomic mass is 127. The number of methoxy groups -OCH3 is 2. The third kappa shape index (κ3) is 6.64. The number of hydrogen-bond acceptors (Lipinski definition) is 4. The van der Waals surface area contributed by atoms with E-state index >= 15 is 0 Å². The molecule has 1 aromatic carbocycles. The lowest BCUT2D eigenvalue weighted by Crippen LogP contribution is -2.43. The molecule has 0 saturated carbocycles. The molecule has 2 rings (SSSR count). The molecule has 0 amide bonds. The summed E-state index contributed by atoms with van der Waals surface area (Å²) in [6.45, 7) is 8.41. The molecular weight excluding hydrogens is 457 g/mol. The molecule has 150 valence electrons. The van der Waals surface area contributed by atoms with Gasteiger partial charge in [0.15, 0.2) is 17.5 Å². The van der Waals surface area contributed by atoms with Gasteiger partial charge in [0.1, 0.15) is 12.3 Å². The molecule has 0 radical (unpaired) electrons. The van der Waals surface area contributed by atoms with Gasteiger partial charge < -0.3 is 24.5 Å². The Morgan fingerprint density at radius 2 is 1.85 bits per heavy atom. The van der Waals surface area contributed by atoms with E-state index in [1.54, 1.807) is 20.5 Å². The molecule has 2 aromatic rings. The van der Waals surface area contributed by atoms with Gasteiger partial charge in [0, 0.05) is 18.5 Å². The fraction of sp³-hybridized carbons (Fsp3) is 0.450. The number of ether oxygens (including phenoxy) is 2. The van der Waals surface area contributed by atoms with Gasteiger partial charge in [0.2, 0.25) is 0 Å². The maximum Gasteiger partial charge on any atom is 0.191 e. The summed E-state index contributed by atoms with van der Waals surface area (Å²) >= 11 is 0. The lowest BCUT2D eigenvalue weighted by molar-refractivity contribution is 0.353. The van der Waals surface area contributed by atoms with Gasteiger partial charge in [0.25, 0.3) is 0 Å². The first-order valence-electron chi connectivity index (χ1n) is 8.77. The summed E-state index contributed by atoms with van der Waals surface area (Å²) in [6.07, 6.45) is 1.66. The summed E-state index contributed by atoms with van der Waals surface area (Å²) in [6, 6.07) is 9.81. The molecule has 0 bridgehead atoms. The van der Waals surface area contributed by atoms with Crippen molar-refractivity contribution < 1.29 is 13.9 Å². The Hall–Kier alpha value is -1.90. The number of furan rings is 1. The fourth-order valence-corrected chi connectivity index (χ4v) is 2.57. The van der Waals surface area contributed by atoms with Crippen molar-refractivity contribution in [3.05, 3.63) is 47.9 Å². The normalized spacial score (nSPS) is 11.5. The van der Waals surface area contributed by atoms with Crippen molar-refractivity contribution in [2.75, 3.05) is 27.3 Å². The first-order valence-corrected chi connectivity index (χ1v) is 8.77. The summed E-state index contributed by atoms with van der Waals surface area (Å²) in [4.78, 5) is 4.57. The zero-order valence-corrected chi connectivity index (χ0v) is 19.0. The number of nitrogens with zero attached hydrogens (tertiary/aromatic N) is 1. The number of rotatable bonds is 8. The Morgan fingerprint density at radius 1 is 1.11 bits per heavy atom. The highest BCUT2D eigenvalue weighted by Crippen LogP contribution is 2.32. The summed E-state index contributed by atoms with van der Waals surface area (Å²) < 4.78 is 16.1. The van der Waals surface area contributed by atoms with Gasteiger partial charge in [-0.05, 0) is 36.8 Å². The number of hydrogen-bond donors (Lipinski definition) is 2. The Kier molecular flexibility index (Phi) is 9.48. The van der Waals surface area contributed by atoms with Crippen LogP contribution in [0, 0.1) is 0 Å². The average Bonchev–Trinajstić information content (AvgIpc) is 3.17. The van der Waals surface area contributed by atoms with Gasteiger partial charge in [-0.15, -0.1) is 24.0 Å². The average molecular weight is 487 g/mol. The highest BCUT2D eigenvalue weighted by Gasteiger charge is 2.22. The zero-order valence-electron chi connectivity index (χ0n) is 16.7. The molecule has 7 heteroatoms. The minimum Gasteiger partial charge on any atom is -0.493 e. The van der Waals surface area contributed by atoms with E-state index in [-0.39, 0.29) is 29.4 Å². The van der Waals surface area contributed by atoms with Crippen molar-refractivity contribution in [1.29, 1.82) is 0 Å². The van der Waals surface area contributed by atoms with Crippen LogP contribution in [0.25, 0.3) is 0 Å². The van der Waals surface area contributed by atoms with Crippen molar-refractivity contribution >= 4 is 29.9 Å². The van der Waals surface area contributed by atoms with Crippen molar-refractivity contribution in [3.8, 4) is 11.5 Å². The SMILES string of the molecule is CCNC(=NCc1ccco1)NCC(C)(C)c1ccc(OC)c(OC)c1.I. The first-order chi connectivity index (χ1) is 12.5. The third-order valence-electron chi connectivity index (χ3n) is 4.18. The molecule has 0 unspecified atom stereocenters. The number of nitrogens with one attached hydrogen (secondary N) is 2. The Balaban J connectivity index is 0.00000364. The van der Waals surface area contributed by atoms with Crippen LogP contribution in [-0.2, 0) is 12.0 Å². The van der Waals surface area contributed by atoms with Gasteiger partial charge in [0.05, 0.1) is 20.5 Å². The maximum absolute atomic E-state index is 5.42. The van der Waals surface area contributed by atoms with E-state index in [0.29, 0.717) is 13.1 Å². The van der Waals surface area contributed by atoms with E-state index in [0.717, 1.165) is 35.3 Å². The lowest BCUT2D eigenvalue weighted by Gasteiger charge is -2.27. The third-order valence-corrected chi connectivity index (χ3v) is 4.18. The second-order valence-electron chi connectivity index (χ2n) is 6.58. The fourth-order valence-electron chi connectivity index (χ4n) is 2.57. The van der Waals surface area contributed by atoms with Gasteiger partial charge in [-0.2, -0.15) is 0 Å². The second-order valence-corrected chi connectivity index (χ2v) is 6.58.